The Kier molecular flexibility index (Phi) is 3.42. The van der Waals surface area contributed by atoms with E-state index < -0.39 is 11.7 Å². The van der Waals surface area contributed by atoms with Crippen molar-refractivity contribution in [1.29, 1.82) is 0 Å². The van der Waals surface area contributed by atoms with E-state index in [-0.39, 0.29) is 5.78 Å². The topological polar surface area (TPSA) is 34.9 Å². The van der Waals surface area contributed by atoms with Crippen molar-refractivity contribution in [2.24, 2.45) is 0 Å². The van der Waals surface area contributed by atoms with Gasteiger partial charge in [-0.15, -0.1) is 0 Å². The summed E-state index contributed by atoms with van der Waals surface area (Å²) in [4.78, 5) is 11.6. The van der Waals surface area contributed by atoms with Crippen molar-refractivity contribution >= 4 is 5.78 Å². The summed E-state index contributed by atoms with van der Waals surface area (Å²) >= 11 is 0. The van der Waals surface area contributed by atoms with Crippen LogP contribution in [0.15, 0.2) is 36.7 Å². The van der Waals surface area contributed by atoms with Crippen LogP contribution < -0.4 is 0 Å². The Labute approximate surface area is 107 Å². The molecule has 0 bridgehead atoms. The summed E-state index contributed by atoms with van der Waals surface area (Å²) in [7, 11) is 0. The smallest absolute Gasteiger partial charge is 0.294 e. The maximum absolute atomic E-state index is 12.5. The van der Waals surface area contributed by atoms with Gasteiger partial charge in [-0.05, 0) is 12.1 Å². The maximum Gasteiger partial charge on any atom is 0.419 e. The van der Waals surface area contributed by atoms with Gasteiger partial charge in [-0.3, -0.25) is 4.79 Å². The molecule has 0 saturated carbocycles. The van der Waals surface area contributed by atoms with E-state index in [1.165, 1.54) is 6.07 Å². The van der Waals surface area contributed by atoms with Gasteiger partial charge in [0.15, 0.2) is 5.78 Å². The van der Waals surface area contributed by atoms with Gasteiger partial charge in [0.2, 0.25) is 0 Å². The van der Waals surface area contributed by atoms with E-state index >= 15 is 0 Å². The van der Waals surface area contributed by atoms with E-state index in [1.807, 2.05) is 0 Å². The van der Waals surface area contributed by atoms with Crippen molar-refractivity contribution in [3.8, 4) is 5.69 Å². The van der Waals surface area contributed by atoms with E-state index in [4.69, 9.17) is 0 Å². The molecule has 19 heavy (non-hydrogen) atoms. The molecule has 0 N–H and O–H groups in total. The van der Waals surface area contributed by atoms with Crippen LogP contribution in [-0.2, 0) is 6.18 Å². The van der Waals surface area contributed by atoms with E-state index in [0.29, 0.717) is 17.7 Å². The van der Waals surface area contributed by atoms with Gasteiger partial charge in [-0.1, -0.05) is 19.1 Å². The van der Waals surface area contributed by atoms with Crippen LogP contribution in [0.5, 0.6) is 0 Å². The molecule has 1 aromatic heterocycles. The number of hydrogen-bond donors (Lipinski definition) is 0. The zero-order valence-electron chi connectivity index (χ0n) is 10.1. The lowest BCUT2D eigenvalue weighted by Gasteiger charge is -2.04. The van der Waals surface area contributed by atoms with Gasteiger partial charge in [0.25, 0.3) is 0 Å². The van der Waals surface area contributed by atoms with Gasteiger partial charge in [0.1, 0.15) is 0 Å². The molecule has 0 saturated heterocycles. The molecule has 0 unspecified atom stereocenters. The summed E-state index contributed by atoms with van der Waals surface area (Å²) in [6, 6.07) is 6.37. The van der Waals surface area contributed by atoms with Crippen molar-refractivity contribution in [2.75, 3.05) is 0 Å². The molecule has 2 rings (SSSR count). The number of rotatable bonds is 3. The molecule has 0 aliphatic carbocycles. The number of hydrogen-bond acceptors (Lipinski definition) is 2. The maximum atomic E-state index is 12.5. The van der Waals surface area contributed by atoms with Crippen molar-refractivity contribution in [1.82, 2.24) is 9.78 Å². The molecule has 0 spiro atoms. The zero-order chi connectivity index (χ0) is 14.0. The summed E-state index contributed by atoms with van der Waals surface area (Å²) in [6.07, 6.45) is -2.42. The Morgan fingerprint density at radius 1 is 1.37 bits per heavy atom. The molecular formula is C13H11F3N2O. The second-order valence-corrected chi connectivity index (χ2v) is 4.00. The minimum Gasteiger partial charge on any atom is -0.294 e. The van der Waals surface area contributed by atoms with E-state index in [0.717, 1.165) is 17.1 Å². The number of carbonyl (C=O) groups excluding carboxylic acids is 1. The highest BCUT2D eigenvalue weighted by Crippen LogP contribution is 2.29. The Morgan fingerprint density at radius 3 is 2.68 bits per heavy atom. The number of Topliss-reactive ketones (excluding diaryl/α,β-unsaturated/α-hetero) is 1. The summed E-state index contributed by atoms with van der Waals surface area (Å²) in [5.41, 5.74) is 0.0681. The molecule has 2 aromatic rings. The molecule has 0 amide bonds. The van der Waals surface area contributed by atoms with Crippen LogP contribution in [-0.4, -0.2) is 15.6 Å². The molecule has 0 fully saturated rings. The Bertz CT molecular complexity index is 602. The molecule has 6 heteroatoms. The van der Waals surface area contributed by atoms with Crippen LogP contribution in [0.2, 0.25) is 0 Å². The first-order chi connectivity index (χ1) is 8.91. The molecule has 1 aromatic carbocycles. The highest BCUT2D eigenvalue weighted by atomic mass is 19.4. The highest BCUT2D eigenvalue weighted by molar-refractivity contribution is 5.96. The second-order valence-electron chi connectivity index (χ2n) is 4.00. The number of aromatic nitrogens is 2. The number of nitrogens with zero attached hydrogens (tertiary/aromatic N) is 2. The minimum atomic E-state index is -4.42. The fourth-order valence-electron chi connectivity index (χ4n) is 1.64. The largest absolute Gasteiger partial charge is 0.419 e. The third-order valence-electron chi connectivity index (χ3n) is 2.66. The monoisotopic (exact) mass is 268 g/mol. The standard InChI is InChI=1S/C13H11F3N2O/c1-2-12(19)9-4-3-5-11(6-9)18-8-10(7-17-18)13(14,15)16/h3-8H,2H2,1H3. The second kappa shape index (κ2) is 4.87. The first-order valence-corrected chi connectivity index (χ1v) is 5.67. The van der Waals surface area contributed by atoms with Crippen LogP contribution in [0.4, 0.5) is 13.2 Å². The predicted octanol–water partition coefficient (Wildman–Crippen LogP) is 3.48. The zero-order valence-corrected chi connectivity index (χ0v) is 10.1. The first-order valence-electron chi connectivity index (χ1n) is 5.67. The van der Waals surface area contributed by atoms with Crippen LogP contribution >= 0.6 is 0 Å². The van der Waals surface area contributed by atoms with Crippen LogP contribution in [0.3, 0.4) is 0 Å². The Hall–Kier alpha value is -2.11. The fraction of sp³-hybridized carbons (Fsp3) is 0.231. The molecule has 3 nitrogen and oxygen atoms in total. The van der Waals surface area contributed by atoms with E-state index in [1.54, 1.807) is 25.1 Å². The lowest BCUT2D eigenvalue weighted by molar-refractivity contribution is -0.137. The molecule has 0 aliphatic heterocycles. The predicted molar refractivity (Wildman–Crippen MR) is 63.2 cm³/mol. The molecule has 1 heterocycles. The molecule has 0 atom stereocenters. The van der Waals surface area contributed by atoms with Crippen molar-refractivity contribution in [2.45, 2.75) is 19.5 Å². The van der Waals surface area contributed by atoms with E-state index in [2.05, 4.69) is 5.10 Å². The fourth-order valence-corrected chi connectivity index (χ4v) is 1.64. The average Bonchev–Trinajstić information content (AvgIpc) is 2.87. The number of halogens is 3. The number of alkyl halides is 3. The normalized spacial score (nSPS) is 11.6. The van der Waals surface area contributed by atoms with Crippen molar-refractivity contribution in [3.63, 3.8) is 0 Å². The average molecular weight is 268 g/mol. The van der Waals surface area contributed by atoms with Gasteiger partial charge >= 0.3 is 6.18 Å². The molecule has 0 aliphatic rings. The van der Waals surface area contributed by atoms with Gasteiger partial charge < -0.3 is 0 Å². The number of ketones is 1. The lowest BCUT2D eigenvalue weighted by Crippen LogP contribution is -2.03. The van der Waals surface area contributed by atoms with Gasteiger partial charge in [0.05, 0.1) is 17.4 Å². The van der Waals surface area contributed by atoms with Crippen LogP contribution in [0, 0.1) is 0 Å². The first kappa shape index (κ1) is 13.3. The summed E-state index contributed by atoms with van der Waals surface area (Å²) in [5, 5.41) is 3.66. The van der Waals surface area contributed by atoms with Crippen molar-refractivity contribution < 1.29 is 18.0 Å². The molecule has 0 radical (unpaired) electrons. The Balaban J connectivity index is 2.37. The van der Waals surface area contributed by atoms with Crippen LogP contribution in [0.25, 0.3) is 5.69 Å². The highest BCUT2D eigenvalue weighted by Gasteiger charge is 2.32. The number of carbonyl (C=O) groups is 1. The van der Waals surface area contributed by atoms with Crippen LogP contribution in [0.1, 0.15) is 29.3 Å². The molecular weight excluding hydrogens is 257 g/mol. The van der Waals surface area contributed by atoms with Gasteiger partial charge in [0, 0.05) is 18.2 Å². The summed E-state index contributed by atoms with van der Waals surface area (Å²) < 4.78 is 38.5. The minimum absolute atomic E-state index is 0.0648. The quantitative estimate of drug-likeness (QED) is 0.799. The van der Waals surface area contributed by atoms with Gasteiger partial charge in [-0.2, -0.15) is 18.3 Å². The summed E-state index contributed by atoms with van der Waals surface area (Å²) in [6.45, 7) is 1.73. The lowest BCUT2D eigenvalue weighted by atomic mass is 10.1. The number of benzene rings is 1. The summed E-state index contributed by atoms with van der Waals surface area (Å²) in [5.74, 6) is -0.0648. The van der Waals surface area contributed by atoms with E-state index in [9.17, 15) is 18.0 Å². The van der Waals surface area contributed by atoms with Crippen molar-refractivity contribution in [3.05, 3.63) is 47.8 Å². The third kappa shape index (κ3) is 2.83. The Morgan fingerprint density at radius 2 is 2.11 bits per heavy atom. The molecule has 100 valence electrons. The SMILES string of the molecule is CCC(=O)c1cccc(-n2cc(C(F)(F)F)cn2)c1. The van der Waals surface area contributed by atoms with Gasteiger partial charge in [-0.25, -0.2) is 4.68 Å². The third-order valence-corrected chi connectivity index (χ3v) is 2.66.